The zero-order valence-electron chi connectivity index (χ0n) is 16.6. The summed E-state index contributed by atoms with van der Waals surface area (Å²) in [6, 6.07) is 16.7. The number of thioether (sulfide) groups is 2. The van der Waals surface area contributed by atoms with Crippen molar-refractivity contribution in [2.45, 2.75) is 35.3 Å². The van der Waals surface area contributed by atoms with E-state index in [1.54, 1.807) is 18.9 Å². The lowest BCUT2D eigenvalue weighted by Gasteiger charge is -2.22. The van der Waals surface area contributed by atoms with Gasteiger partial charge in [0.05, 0.1) is 19.3 Å². The number of para-hydroxylation sites is 2. The smallest absolute Gasteiger partial charge is 0.132 e. The Balaban J connectivity index is 1.51. The molecule has 0 fully saturated rings. The van der Waals surface area contributed by atoms with Gasteiger partial charge in [0.2, 0.25) is 0 Å². The van der Waals surface area contributed by atoms with Crippen molar-refractivity contribution >= 4 is 23.5 Å². The van der Waals surface area contributed by atoms with Gasteiger partial charge < -0.3 is 19.5 Å². The molecule has 2 atom stereocenters. The summed E-state index contributed by atoms with van der Waals surface area (Å²) in [7, 11) is 1.72. The number of benzene rings is 2. The molecule has 3 rings (SSSR count). The van der Waals surface area contributed by atoms with Crippen LogP contribution in [0.5, 0.6) is 11.5 Å². The monoisotopic (exact) mass is 419 g/mol. The Bertz CT molecular complexity index is 701. The van der Waals surface area contributed by atoms with Crippen molar-refractivity contribution in [1.29, 1.82) is 0 Å². The number of methoxy groups -OCH3 is 1. The van der Waals surface area contributed by atoms with Crippen molar-refractivity contribution in [1.82, 2.24) is 5.32 Å². The zero-order valence-corrected chi connectivity index (χ0v) is 18.2. The first-order chi connectivity index (χ1) is 13.8. The average molecular weight is 420 g/mol. The fourth-order valence-corrected chi connectivity index (χ4v) is 4.99. The molecular weight excluding hydrogens is 390 g/mol. The standard InChI is InChI=1S/C22H29NO3S2/c1-3-12-25-18(16-28-21-10-6-4-8-19(21)24-2)13-23-17-14-26-20-9-5-7-11-22(20)27-15-17/h4-11,17-18,23H,3,12-16H2,1-2H3/t17-,18+/m1/s1. The third-order valence-electron chi connectivity index (χ3n) is 4.41. The molecule has 0 radical (unpaired) electrons. The summed E-state index contributed by atoms with van der Waals surface area (Å²) in [5, 5.41) is 3.65. The molecular formula is C22H29NO3S2. The largest absolute Gasteiger partial charge is 0.496 e. The summed E-state index contributed by atoms with van der Waals surface area (Å²) in [5.74, 6) is 3.79. The predicted octanol–water partition coefficient (Wildman–Crippen LogP) is 4.73. The fraction of sp³-hybridized carbons (Fsp3) is 0.455. The summed E-state index contributed by atoms with van der Waals surface area (Å²) in [4.78, 5) is 2.37. The van der Waals surface area contributed by atoms with Gasteiger partial charge in [0, 0.05) is 34.4 Å². The van der Waals surface area contributed by atoms with E-state index in [1.165, 1.54) is 4.90 Å². The van der Waals surface area contributed by atoms with E-state index in [4.69, 9.17) is 14.2 Å². The first-order valence-corrected chi connectivity index (χ1v) is 11.7. The van der Waals surface area contributed by atoms with Crippen LogP contribution in [0.3, 0.4) is 0 Å². The number of rotatable bonds is 10. The van der Waals surface area contributed by atoms with E-state index in [-0.39, 0.29) is 6.10 Å². The molecule has 1 aliphatic heterocycles. The molecule has 0 bridgehead atoms. The van der Waals surface area contributed by atoms with Crippen LogP contribution in [0.15, 0.2) is 58.3 Å². The van der Waals surface area contributed by atoms with Gasteiger partial charge in [-0.2, -0.15) is 0 Å². The van der Waals surface area contributed by atoms with Gasteiger partial charge in [0.15, 0.2) is 0 Å². The van der Waals surface area contributed by atoms with Crippen LogP contribution < -0.4 is 14.8 Å². The highest BCUT2D eigenvalue weighted by atomic mass is 32.2. The molecule has 4 nitrogen and oxygen atoms in total. The second-order valence-corrected chi connectivity index (χ2v) is 8.75. The maximum absolute atomic E-state index is 6.10. The van der Waals surface area contributed by atoms with E-state index >= 15 is 0 Å². The SMILES string of the molecule is CCCO[C@@H](CN[C@@H]1COc2ccccc2SC1)CSc1ccccc1OC. The van der Waals surface area contributed by atoms with E-state index in [1.807, 2.05) is 42.1 Å². The van der Waals surface area contributed by atoms with Crippen molar-refractivity contribution < 1.29 is 14.2 Å². The number of fused-ring (bicyclic) bond motifs is 1. The van der Waals surface area contributed by atoms with Crippen molar-refractivity contribution in [3.8, 4) is 11.5 Å². The molecule has 1 heterocycles. The normalized spacial score (nSPS) is 17.3. The van der Waals surface area contributed by atoms with Crippen molar-refractivity contribution in [3.05, 3.63) is 48.5 Å². The quantitative estimate of drug-likeness (QED) is 0.562. The van der Waals surface area contributed by atoms with E-state index in [2.05, 4.69) is 30.4 Å². The van der Waals surface area contributed by atoms with Crippen LogP contribution in [0.25, 0.3) is 0 Å². The minimum atomic E-state index is 0.144. The highest BCUT2D eigenvalue weighted by molar-refractivity contribution is 7.99. The zero-order chi connectivity index (χ0) is 19.6. The van der Waals surface area contributed by atoms with Gasteiger partial charge in [-0.05, 0) is 30.7 Å². The lowest BCUT2D eigenvalue weighted by atomic mass is 10.3. The van der Waals surface area contributed by atoms with Crippen molar-refractivity contribution in [2.75, 3.05) is 38.4 Å². The second-order valence-electron chi connectivity index (χ2n) is 6.63. The van der Waals surface area contributed by atoms with E-state index < -0.39 is 0 Å². The third-order valence-corrected chi connectivity index (χ3v) is 6.82. The topological polar surface area (TPSA) is 39.7 Å². The lowest BCUT2D eigenvalue weighted by Crippen LogP contribution is -2.42. The Morgan fingerprint density at radius 3 is 2.89 bits per heavy atom. The molecule has 2 aromatic carbocycles. The highest BCUT2D eigenvalue weighted by Crippen LogP contribution is 2.32. The second kappa shape index (κ2) is 11.6. The number of nitrogens with one attached hydrogen (secondary N) is 1. The Kier molecular flexibility index (Phi) is 8.86. The third kappa shape index (κ3) is 6.34. The van der Waals surface area contributed by atoms with Crippen LogP contribution in [0.1, 0.15) is 13.3 Å². The molecule has 0 saturated carbocycles. The van der Waals surface area contributed by atoms with Crippen LogP contribution in [0.4, 0.5) is 0 Å². The van der Waals surface area contributed by atoms with Crippen LogP contribution in [-0.2, 0) is 4.74 Å². The van der Waals surface area contributed by atoms with E-state index in [0.717, 1.165) is 47.5 Å². The van der Waals surface area contributed by atoms with Crippen molar-refractivity contribution in [2.24, 2.45) is 0 Å². The maximum atomic E-state index is 6.10. The summed E-state index contributed by atoms with van der Waals surface area (Å²) < 4.78 is 17.5. The summed E-state index contributed by atoms with van der Waals surface area (Å²) in [6.45, 7) is 4.42. The van der Waals surface area contributed by atoms with Crippen LogP contribution in [-0.4, -0.2) is 50.5 Å². The number of hydrogen-bond acceptors (Lipinski definition) is 6. The van der Waals surface area contributed by atoms with Gasteiger partial charge in [-0.15, -0.1) is 23.5 Å². The van der Waals surface area contributed by atoms with E-state index in [0.29, 0.717) is 12.6 Å². The summed E-state index contributed by atoms with van der Waals surface area (Å²) in [5.41, 5.74) is 0. The van der Waals surface area contributed by atoms with Crippen LogP contribution in [0, 0.1) is 0 Å². The predicted molar refractivity (Wildman–Crippen MR) is 118 cm³/mol. The summed E-state index contributed by atoms with van der Waals surface area (Å²) in [6.07, 6.45) is 1.17. The van der Waals surface area contributed by atoms with E-state index in [9.17, 15) is 0 Å². The highest BCUT2D eigenvalue weighted by Gasteiger charge is 2.19. The summed E-state index contributed by atoms with van der Waals surface area (Å²) >= 11 is 3.64. The Hall–Kier alpha value is -1.34. The van der Waals surface area contributed by atoms with Gasteiger partial charge in [-0.3, -0.25) is 0 Å². The van der Waals surface area contributed by atoms with Gasteiger partial charge >= 0.3 is 0 Å². The van der Waals surface area contributed by atoms with Crippen LogP contribution in [0.2, 0.25) is 0 Å². The minimum absolute atomic E-state index is 0.144. The first kappa shape index (κ1) is 21.4. The molecule has 0 spiro atoms. The molecule has 0 amide bonds. The fourth-order valence-electron chi connectivity index (χ4n) is 2.90. The lowest BCUT2D eigenvalue weighted by molar-refractivity contribution is 0.0667. The Labute approximate surface area is 176 Å². The molecule has 0 saturated heterocycles. The van der Waals surface area contributed by atoms with Crippen molar-refractivity contribution in [3.63, 3.8) is 0 Å². The molecule has 0 aromatic heterocycles. The van der Waals surface area contributed by atoms with Crippen LogP contribution >= 0.6 is 23.5 Å². The Morgan fingerprint density at radius 1 is 1.21 bits per heavy atom. The molecule has 0 unspecified atom stereocenters. The molecule has 6 heteroatoms. The molecule has 28 heavy (non-hydrogen) atoms. The Morgan fingerprint density at radius 2 is 2.04 bits per heavy atom. The molecule has 152 valence electrons. The minimum Gasteiger partial charge on any atom is -0.496 e. The molecule has 1 N–H and O–H groups in total. The maximum Gasteiger partial charge on any atom is 0.132 e. The number of ether oxygens (including phenoxy) is 3. The van der Waals surface area contributed by atoms with Gasteiger partial charge in [-0.1, -0.05) is 31.2 Å². The first-order valence-electron chi connectivity index (χ1n) is 9.75. The average Bonchev–Trinajstić information content (AvgIpc) is 2.96. The molecule has 0 aliphatic carbocycles. The molecule has 2 aromatic rings. The van der Waals surface area contributed by atoms with Gasteiger partial charge in [0.25, 0.3) is 0 Å². The van der Waals surface area contributed by atoms with Gasteiger partial charge in [0.1, 0.15) is 18.1 Å². The van der Waals surface area contributed by atoms with Gasteiger partial charge in [-0.25, -0.2) is 0 Å². The number of hydrogen-bond donors (Lipinski definition) is 1. The molecule has 1 aliphatic rings.